The zero-order chi connectivity index (χ0) is 22.8. The number of nitrogens with one attached hydrogen (secondary N) is 1. The normalized spacial score (nSPS) is 10.8. The molecule has 1 heterocycles. The second-order valence-corrected chi connectivity index (χ2v) is 7.60. The van der Waals surface area contributed by atoms with Crippen molar-refractivity contribution >= 4 is 34.2 Å². The van der Waals surface area contributed by atoms with Crippen LogP contribution < -0.4 is 15.8 Å². The summed E-state index contributed by atoms with van der Waals surface area (Å²) >= 11 is 0. The maximum absolute atomic E-state index is 13.4. The number of aryl methyl sites for hydroxylation is 2. The Balaban J connectivity index is 1.80. The fourth-order valence-corrected chi connectivity index (χ4v) is 3.76. The minimum Gasteiger partial charge on any atom is -0.492 e. The van der Waals surface area contributed by atoms with Crippen molar-refractivity contribution in [2.24, 2.45) is 0 Å². The highest BCUT2D eigenvalue weighted by Gasteiger charge is 2.25. The van der Waals surface area contributed by atoms with Crippen molar-refractivity contribution in [1.29, 1.82) is 0 Å². The number of nitrogen functional groups attached to an aromatic ring is 1. The third-order valence-electron chi connectivity index (χ3n) is 5.53. The molecule has 0 radical (unpaired) electrons. The number of anilines is 2. The van der Waals surface area contributed by atoms with E-state index in [0.717, 1.165) is 11.1 Å². The van der Waals surface area contributed by atoms with Gasteiger partial charge in [-0.15, -0.1) is 0 Å². The molecule has 0 saturated carbocycles. The molecule has 6 nitrogen and oxygen atoms in total. The number of aromatic nitrogens is 1. The van der Waals surface area contributed by atoms with Gasteiger partial charge in [0.2, 0.25) is 0 Å². The lowest BCUT2D eigenvalue weighted by molar-refractivity contribution is 0.0967. The van der Waals surface area contributed by atoms with Gasteiger partial charge >= 0.3 is 0 Å². The number of ether oxygens (including phenoxy) is 1. The van der Waals surface area contributed by atoms with Gasteiger partial charge in [-0.2, -0.15) is 0 Å². The van der Waals surface area contributed by atoms with Gasteiger partial charge in [-0.1, -0.05) is 36.4 Å². The first kappa shape index (κ1) is 21.2. The van der Waals surface area contributed by atoms with Crippen molar-refractivity contribution in [2.45, 2.75) is 20.8 Å². The summed E-state index contributed by atoms with van der Waals surface area (Å²) < 4.78 is 7.01. The van der Waals surface area contributed by atoms with E-state index in [-0.39, 0.29) is 17.3 Å². The topological polar surface area (TPSA) is 86.3 Å². The number of nitrogens with zero attached hydrogens (tertiary/aromatic N) is 1. The summed E-state index contributed by atoms with van der Waals surface area (Å²) in [5, 5.41) is 3.49. The van der Waals surface area contributed by atoms with E-state index in [1.165, 1.54) is 4.57 Å². The van der Waals surface area contributed by atoms with E-state index in [2.05, 4.69) is 5.32 Å². The van der Waals surface area contributed by atoms with Gasteiger partial charge in [-0.05, 0) is 62.2 Å². The van der Waals surface area contributed by atoms with Gasteiger partial charge in [0.05, 0.1) is 23.4 Å². The minimum absolute atomic E-state index is 0.0980. The molecule has 0 atom stereocenters. The molecule has 32 heavy (non-hydrogen) atoms. The Hall–Kier alpha value is -4.06. The number of para-hydroxylation sites is 3. The van der Waals surface area contributed by atoms with Crippen LogP contribution in [-0.4, -0.2) is 23.0 Å². The van der Waals surface area contributed by atoms with Crippen molar-refractivity contribution in [2.75, 3.05) is 17.7 Å². The van der Waals surface area contributed by atoms with Gasteiger partial charge in [-0.3, -0.25) is 14.2 Å². The zero-order valence-electron chi connectivity index (χ0n) is 18.3. The fourth-order valence-electron chi connectivity index (χ4n) is 3.76. The lowest BCUT2D eigenvalue weighted by Crippen LogP contribution is -2.18. The number of amides is 1. The number of benzene rings is 3. The van der Waals surface area contributed by atoms with Gasteiger partial charge in [0.25, 0.3) is 11.8 Å². The molecule has 0 unspecified atom stereocenters. The van der Waals surface area contributed by atoms with Crippen molar-refractivity contribution in [3.05, 3.63) is 89.0 Å². The molecule has 6 heteroatoms. The summed E-state index contributed by atoms with van der Waals surface area (Å²) in [5.74, 6) is -0.0225. The smallest absolute Gasteiger partial charge is 0.264 e. The Morgan fingerprint density at radius 1 is 0.969 bits per heavy atom. The Bertz CT molecular complexity index is 1340. The molecule has 0 aliphatic heterocycles. The van der Waals surface area contributed by atoms with E-state index in [1.54, 1.807) is 30.3 Å². The van der Waals surface area contributed by atoms with Crippen molar-refractivity contribution in [1.82, 2.24) is 4.57 Å². The molecule has 3 aromatic carbocycles. The Labute approximate surface area is 186 Å². The summed E-state index contributed by atoms with van der Waals surface area (Å²) in [5.41, 5.74) is 10.4. The summed E-state index contributed by atoms with van der Waals surface area (Å²) in [6.07, 6.45) is 0. The highest BCUT2D eigenvalue weighted by Crippen LogP contribution is 2.31. The molecule has 3 N–H and O–H groups in total. The number of carbonyl (C=O) groups excluding carboxylic acids is 2. The molecule has 1 aromatic heterocycles. The van der Waals surface area contributed by atoms with Crippen molar-refractivity contribution in [3.63, 3.8) is 0 Å². The first-order chi connectivity index (χ1) is 15.4. The Morgan fingerprint density at radius 2 is 1.69 bits per heavy atom. The Morgan fingerprint density at radius 3 is 2.44 bits per heavy atom. The van der Waals surface area contributed by atoms with Gasteiger partial charge in [0.15, 0.2) is 0 Å². The molecule has 0 aliphatic rings. The number of nitrogens with two attached hydrogens (primary N) is 1. The monoisotopic (exact) mass is 427 g/mol. The second-order valence-electron chi connectivity index (χ2n) is 7.60. The van der Waals surface area contributed by atoms with Gasteiger partial charge in [-0.25, -0.2) is 0 Å². The highest BCUT2D eigenvalue weighted by molar-refractivity contribution is 6.20. The summed E-state index contributed by atoms with van der Waals surface area (Å²) in [6, 6.07) is 19.9. The molecule has 4 rings (SSSR count). The van der Waals surface area contributed by atoms with Crippen LogP contribution in [0, 0.1) is 13.8 Å². The molecule has 0 bridgehead atoms. The molecule has 0 aliphatic carbocycles. The lowest BCUT2D eigenvalue weighted by Gasteiger charge is -2.12. The van der Waals surface area contributed by atoms with Crippen LogP contribution in [0.3, 0.4) is 0 Å². The van der Waals surface area contributed by atoms with Gasteiger partial charge in [0.1, 0.15) is 11.6 Å². The maximum Gasteiger partial charge on any atom is 0.264 e. The predicted octanol–water partition coefficient (Wildman–Crippen LogP) is 5.18. The van der Waals surface area contributed by atoms with E-state index < -0.39 is 5.91 Å². The molecule has 1 amide bonds. The van der Waals surface area contributed by atoms with Crippen LogP contribution in [0.5, 0.6) is 5.75 Å². The highest BCUT2D eigenvalue weighted by atomic mass is 16.5. The molecule has 4 aromatic rings. The first-order valence-corrected chi connectivity index (χ1v) is 10.5. The number of fused-ring (bicyclic) bond motifs is 1. The third kappa shape index (κ3) is 3.71. The van der Waals surface area contributed by atoms with E-state index in [0.29, 0.717) is 34.5 Å². The number of carbonyl (C=O) groups is 2. The van der Waals surface area contributed by atoms with Crippen LogP contribution in [0.2, 0.25) is 0 Å². The second kappa shape index (κ2) is 8.59. The SMILES string of the molecule is CCOc1ccccc1NC(=O)c1c(N)n(C(=O)c2ccc(C)c(C)c2)c2ccccc12. The molecular formula is C26H25N3O3. The number of rotatable bonds is 5. The fraction of sp³-hybridized carbons (Fsp3) is 0.154. The van der Waals surface area contributed by atoms with E-state index in [4.69, 9.17) is 10.5 Å². The largest absolute Gasteiger partial charge is 0.492 e. The predicted molar refractivity (Wildman–Crippen MR) is 128 cm³/mol. The summed E-state index contributed by atoms with van der Waals surface area (Å²) in [4.78, 5) is 26.7. The van der Waals surface area contributed by atoms with Crippen LogP contribution in [-0.2, 0) is 0 Å². The van der Waals surface area contributed by atoms with Crippen LogP contribution in [0.1, 0.15) is 38.8 Å². The zero-order valence-corrected chi connectivity index (χ0v) is 18.3. The molecule has 0 fully saturated rings. The third-order valence-corrected chi connectivity index (χ3v) is 5.53. The van der Waals surface area contributed by atoms with Crippen LogP contribution >= 0.6 is 0 Å². The molecule has 0 saturated heterocycles. The molecule has 162 valence electrons. The van der Waals surface area contributed by atoms with E-state index in [1.807, 2.05) is 57.2 Å². The minimum atomic E-state index is -0.405. The number of hydrogen-bond donors (Lipinski definition) is 2. The lowest BCUT2D eigenvalue weighted by atomic mass is 10.1. The first-order valence-electron chi connectivity index (χ1n) is 10.5. The van der Waals surface area contributed by atoms with Crippen molar-refractivity contribution in [3.8, 4) is 5.75 Å². The average molecular weight is 428 g/mol. The molecular weight excluding hydrogens is 402 g/mol. The van der Waals surface area contributed by atoms with E-state index in [9.17, 15) is 9.59 Å². The van der Waals surface area contributed by atoms with E-state index >= 15 is 0 Å². The number of hydrogen-bond acceptors (Lipinski definition) is 4. The van der Waals surface area contributed by atoms with Crippen LogP contribution in [0.4, 0.5) is 11.5 Å². The average Bonchev–Trinajstić information content (AvgIpc) is 3.08. The van der Waals surface area contributed by atoms with Crippen LogP contribution in [0.15, 0.2) is 66.7 Å². The maximum atomic E-state index is 13.4. The van der Waals surface area contributed by atoms with Gasteiger partial charge in [0, 0.05) is 10.9 Å². The molecule has 0 spiro atoms. The van der Waals surface area contributed by atoms with Crippen molar-refractivity contribution < 1.29 is 14.3 Å². The van der Waals surface area contributed by atoms with Crippen LogP contribution in [0.25, 0.3) is 10.9 Å². The van der Waals surface area contributed by atoms with Gasteiger partial charge < -0.3 is 15.8 Å². The Kier molecular flexibility index (Phi) is 5.69. The standard InChI is InChI=1S/C26H25N3O3/c1-4-32-22-12-8-6-10-20(22)28-25(30)23-19-9-5-7-11-21(19)29(24(23)27)26(31)18-14-13-16(2)17(3)15-18/h5-15H,4,27H2,1-3H3,(H,28,30). The summed E-state index contributed by atoms with van der Waals surface area (Å²) in [6.45, 7) is 6.30. The summed E-state index contributed by atoms with van der Waals surface area (Å²) in [7, 11) is 0. The quantitative estimate of drug-likeness (QED) is 0.459.